The van der Waals surface area contributed by atoms with E-state index < -0.39 is 17.5 Å². The number of benzene rings is 3. The van der Waals surface area contributed by atoms with E-state index in [0.29, 0.717) is 22.4 Å². The maximum absolute atomic E-state index is 15.2. The van der Waals surface area contributed by atoms with E-state index in [2.05, 4.69) is 19.1 Å². The normalized spacial score (nSPS) is 18.7. The van der Waals surface area contributed by atoms with E-state index in [0.717, 1.165) is 23.4 Å². The van der Waals surface area contributed by atoms with Crippen LogP contribution in [0, 0.1) is 29.2 Å². The Morgan fingerprint density at radius 3 is 2.18 bits per heavy atom. The highest BCUT2D eigenvalue weighted by Gasteiger charge is 2.22. The van der Waals surface area contributed by atoms with Gasteiger partial charge in [-0.05, 0) is 84.6 Å². The molecule has 0 spiro atoms. The molecule has 1 aliphatic carbocycles. The smallest absolute Gasteiger partial charge is 0.194 e. The van der Waals surface area contributed by atoms with Gasteiger partial charge in [-0.3, -0.25) is 0 Å². The van der Waals surface area contributed by atoms with E-state index in [4.69, 9.17) is 0 Å². The molecule has 3 aromatic rings. The molecule has 0 nitrogen and oxygen atoms in total. The minimum Gasteiger partial charge on any atom is -0.206 e. The topological polar surface area (TPSA) is 0 Å². The Kier molecular flexibility index (Phi) is 7.72. The van der Waals surface area contributed by atoms with Gasteiger partial charge in [0.15, 0.2) is 17.5 Å². The summed E-state index contributed by atoms with van der Waals surface area (Å²) in [5.74, 6) is -2.80. The van der Waals surface area contributed by atoms with Crippen LogP contribution in [-0.4, -0.2) is 0 Å². The highest BCUT2D eigenvalue weighted by atomic mass is 19.2. The van der Waals surface area contributed by atoms with E-state index in [1.54, 1.807) is 6.07 Å². The van der Waals surface area contributed by atoms with Crippen LogP contribution in [0.4, 0.5) is 17.6 Å². The number of hydrogen-bond donors (Lipinski definition) is 0. The highest BCUT2D eigenvalue weighted by molar-refractivity contribution is 5.84. The molecule has 1 saturated carbocycles. The first-order valence-corrected chi connectivity index (χ1v) is 12.3. The molecule has 0 unspecified atom stereocenters. The molecule has 0 N–H and O–H groups in total. The molecule has 3 aromatic carbocycles. The van der Waals surface area contributed by atoms with Crippen LogP contribution in [0.2, 0.25) is 0 Å². The summed E-state index contributed by atoms with van der Waals surface area (Å²) in [5.41, 5.74) is 2.10. The van der Waals surface area contributed by atoms with Gasteiger partial charge in [0.25, 0.3) is 0 Å². The summed E-state index contributed by atoms with van der Waals surface area (Å²) in [6.07, 6.45) is 10.8. The third-order valence-corrected chi connectivity index (χ3v) is 7.32. The molecule has 176 valence electrons. The van der Waals surface area contributed by atoms with E-state index in [-0.39, 0.29) is 18.7 Å². The maximum Gasteiger partial charge on any atom is 0.194 e. The van der Waals surface area contributed by atoms with Crippen molar-refractivity contribution < 1.29 is 17.6 Å². The molecule has 4 heteroatoms. The van der Waals surface area contributed by atoms with Crippen LogP contribution < -0.4 is 0 Å². The lowest BCUT2D eigenvalue weighted by atomic mass is 9.76. The molecule has 0 heterocycles. The lowest BCUT2D eigenvalue weighted by Gasteiger charge is -2.29. The second-order valence-corrected chi connectivity index (χ2v) is 9.61. The third kappa shape index (κ3) is 5.59. The van der Waals surface area contributed by atoms with Crippen molar-refractivity contribution in [2.45, 2.75) is 77.0 Å². The first-order valence-electron chi connectivity index (χ1n) is 12.3. The van der Waals surface area contributed by atoms with Crippen molar-refractivity contribution in [3.8, 4) is 0 Å². The molecular weight excluding hydrogens is 424 g/mol. The number of hydrogen-bond acceptors (Lipinski definition) is 0. The Bertz CT molecular complexity index is 1070. The van der Waals surface area contributed by atoms with E-state index in [9.17, 15) is 13.2 Å². The van der Waals surface area contributed by atoms with Crippen molar-refractivity contribution in [2.75, 3.05) is 0 Å². The van der Waals surface area contributed by atoms with E-state index >= 15 is 4.39 Å². The molecule has 0 amide bonds. The van der Waals surface area contributed by atoms with Crippen LogP contribution in [0.3, 0.4) is 0 Å². The molecule has 1 aliphatic rings. The van der Waals surface area contributed by atoms with Crippen molar-refractivity contribution in [3.05, 3.63) is 82.4 Å². The molecule has 4 rings (SSSR count). The van der Waals surface area contributed by atoms with Crippen LogP contribution in [0.15, 0.2) is 42.5 Å². The SMILES string of the molecule is CCCCCC1CCC(c2ccc3c(F)c(CCc4cc(F)c(F)c(F)c4)ccc3c2)CC1. The minimum atomic E-state index is -1.48. The van der Waals surface area contributed by atoms with Gasteiger partial charge in [-0.15, -0.1) is 0 Å². The molecular formula is C29H32F4. The summed E-state index contributed by atoms with van der Waals surface area (Å²) in [7, 11) is 0. The zero-order valence-electron chi connectivity index (χ0n) is 19.3. The predicted octanol–water partition coefficient (Wildman–Crippen LogP) is 9.04. The van der Waals surface area contributed by atoms with Crippen molar-refractivity contribution >= 4 is 10.8 Å². The van der Waals surface area contributed by atoms with Crippen LogP contribution in [0.25, 0.3) is 10.8 Å². The minimum absolute atomic E-state index is 0.232. The first-order chi connectivity index (χ1) is 16.0. The summed E-state index contributed by atoms with van der Waals surface area (Å²) in [4.78, 5) is 0. The molecule has 0 atom stereocenters. The van der Waals surface area contributed by atoms with Crippen LogP contribution >= 0.6 is 0 Å². The monoisotopic (exact) mass is 456 g/mol. The first kappa shape index (κ1) is 23.8. The van der Waals surface area contributed by atoms with Gasteiger partial charge in [-0.1, -0.05) is 62.9 Å². The van der Waals surface area contributed by atoms with Gasteiger partial charge in [-0.2, -0.15) is 0 Å². The van der Waals surface area contributed by atoms with Gasteiger partial charge < -0.3 is 0 Å². The number of fused-ring (bicyclic) bond motifs is 1. The summed E-state index contributed by atoms with van der Waals surface area (Å²) in [5, 5.41) is 1.46. The van der Waals surface area contributed by atoms with Crippen molar-refractivity contribution in [2.24, 2.45) is 5.92 Å². The van der Waals surface area contributed by atoms with Crippen LogP contribution in [0.5, 0.6) is 0 Å². The summed E-state index contributed by atoms with van der Waals surface area (Å²) in [6.45, 7) is 2.25. The standard InChI is InChI=1S/C29H32F4/c1-2-3-4-5-19-6-9-21(10-7-19)23-14-15-25-24(18-23)13-12-22(28(25)32)11-8-20-16-26(30)29(33)27(31)17-20/h12-19,21H,2-11H2,1H3. The zero-order valence-corrected chi connectivity index (χ0v) is 19.3. The van der Waals surface area contributed by atoms with Crippen LogP contribution in [0.1, 0.15) is 80.9 Å². The molecule has 1 fully saturated rings. The average molecular weight is 457 g/mol. The highest BCUT2D eigenvalue weighted by Crippen LogP contribution is 2.39. The predicted molar refractivity (Wildman–Crippen MR) is 126 cm³/mol. The van der Waals surface area contributed by atoms with Crippen molar-refractivity contribution in [1.29, 1.82) is 0 Å². The lowest BCUT2D eigenvalue weighted by molar-refractivity contribution is 0.303. The van der Waals surface area contributed by atoms with Gasteiger partial charge in [-0.25, -0.2) is 17.6 Å². The largest absolute Gasteiger partial charge is 0.206 e. The van der Waals surface area contributed by atoms with Gasteiger partial charge in [0, 0.05) is 5.39 Å². The quantitative estimate of drug-likeness (QED) is 0.180. The Balaban J connectivity index is 1.42. The second kappa shape index (κ2) is 10.7. The Morgan fingerprint density at radius 1 is 0.758 bits per heavy atom. The summed E-state index contributed by atoms with van der Waals surface area (Å²) >= 11 is 0. The fourth-order valence-corrected chi connectivity index (χ4v) is 5.30. The Labute approximate surface area is 194 Å². The summed E-state index contributed by atoms with van der Waals surface area (Å²) in [6, 6.07) is 11.7. The zero-order chi connectivity index (χ0) is 23.4. The number of aryl methyl sites for hydroxylation is 2. The van der Waals surface area contributed by atoms with Gasteiger partial charge in [0.05, 0.1) is 0 Å². The maximum atomic E-state index is 15.2. The summed E-state index contributed by atoms with van der Waals surface area (Å²) < 4.78 is 55.2. The molecule has 0 saturated heterocycles. The van der Waals surface area contributed by atoms with Gasteiger partial charge in [0.1, 0.15) is 5.82 Å². The fraction of sp³-hybridized carbons (Fsp3) is 0.448. The molecule has 0 aromatic heterocycles. The lowest BCUT2D eigenvalue weighted by Crippen LogP contribution is -2.13. The van der Waals surface area contributed by atoms with Gasteiger partial charge >= 0.3 is 0 Å². The van der Waals surface area contributed by atoms with E-state index in [1.165, 1.54) is 56.9 Å². The molecule has 0 radical (unpaired) electrons. The molecule has 0 bridgehead atoms. The Morgan fingerprint density at radius 2 is 1.48 bits per heavy atom. The number of halogens is 4. The van der Waals surface area contributed by atoms with Gasteiger partial charge in [0.2, 0.25) is 0 Å². The van der Waals surface area contributed by atoms with Crippen molar-refractivity contribution in [3.63, 3.8) is 0 Å². The van der Waals surface area contributed by atoms with Crippen molar-refractivity contribution in [1.82, 2.24) is 0 Å². The molecule has 33 heavy (non-hydrogen) atoms. The number of rotatable bonds is 8. The van der Waals surface area contributed by atoms with E-state index in [1.807, 2.05) is 12.1 Å². The third-order valence-electron chi connectivity index (χ3n) is 7.32. The van der Waals surface area contributed by atoms with Crippen LogP contribution in [-0.2, 0) is 12.8 Å². The fourth-order valence-electron chi connectivity index (χ4n) is 5.30. The Hall–Kier alpha value is -2.36. The molecule has 0 aliphatic heterocycles. The number of unbranched alkanes of at least 4 members (excludes halogenated alkanes) is 2. The second-order valence-electron chi connectivity index (χ2n) is 9.61. The average Bonchev–Trinajstić information content (AvgIpc) is 2.82.